The van der Waals surface area contributed by atoms with Gasteiger partial charge in [0, 0.05) is 5.56 Å². The van der Waals surface area contributed by atoms with Crippen LogP contribution in [0.3, 0.4) is 0 Å². The van der Waals surface area contributed by atoms with E-state index in [1.807, 2.05) is 0 Å². The van der Waals surface area contributed by atoms with Crippen molar-refractivity contribution in [1.82, 2.24) is 0 Å². The third-order valence-electron chi connectivity index (χ3n) is 2.02. The fourth-order valence-corrected chi connectivity index (χ4v) is 1.29. The summed E-state index contributed by atoms with van der Waals surface area (Å²) >= 11 is 0. The minimum Gasteiger partial charge on any atom is -0.279 e. The van der Waals surface area contributed by atoms with Gasteiger partial charge in [0.1, 0.15) is 0 Å². The monoisotopic (exact) mass is 231 g/mol. The van der Waals surface area contributed by atoms with Crippen LogP contribution in [-0.2, 0) is 11.0 Å². The zero-order chi connectivity index (χ0) is 12.3. The molecule has 1 N–H and O–H groups in total. The number of anilines is 1. The molecule has 88 valence electrons. The van der Waals surface area contributed by atoms with E-state index < -0.39 is 11.7 Å². The second-order valence-corrected chi connectivity index (χ2v) is 3.34. The molecular formula is C11H12F3NO. The van der Waals surface area contributed by atoms with Crippen molar-refractivity contribution in [2.24, 2.45) is 0 Å². The Bertz CT molecular complexity index is 399. The molecule has 0 fully saturated rings. The molecule has 0 aromatic heterocycles. The van der Waals surface area contributed by atoms with Crippen LogP contribution in [0, 0.1) is 0 Å². The fraction of sp³-hybridized carbons (Fsp3) is 0.273. The lowest BCUT2D eigenvalue weighted by molar-refractivity contribution is -0.137. The van der Waals surface area contributed by atoms with Crippen LogP contribution >= 0.6 is 0 Å². The van der Waals surface area contributed by atoms with Gasteiger partial charge in [-0.15, -0.1) is 0 Å². The summed E-state index contributed by atoms with van der Waals surface area (Å²) in [6.45, 7) is 5.40. The van der Waals surface area contributed by atoms with Gasteiger partial charge in [0.2, 0.25) is 0 Å². The van der Waals surface area contributed by atoms with Crippen LogP contribution in [-0.4, -0.2) is 7.11 Å². The number of rotatable bonds is 3. The Morgan fingerprint density at radius 2 is 2.00 bits per heavy atom. The van der Waals surface area contributed by atoms with E-state index in [4.69, 9.17) is 0 Å². The van der Waals surface area contributed by atoms with Crippen LogP contribution in [0.5, 0.6) is 0 Å². The minimum atomic E-state index is -4.36. The van der Waals surface area contributed by atoms with Gasteiger partial charge in [-0.1, -0.05) is 12.6 Å². The fourth-order valence-electron chi connectivity index (χ4n) is 1.29. The molecular weight excluding hydrogens is 219 g/mol. The molecule has 1 aromatic rings. The molecule has 0 aliphatic heterocycles. The Balaban J connectivity index is 3.22. The second-order valence-electron chi connectivity index (χ2n) is 3.34. The molecule has 5 heteroatoms. The lowest BCUT2D eigenvalue weighted by Crippen LogP contribution is -2.07. The number of hydrogen-bond acceptors (Lipinski definition) is 2. The normalized spacial score (nSPS) is 11.3. The van der Waals surface area contributed by atoms with E-state index >= 15 is 0 Å². The van der Waals surface area contributed by atoms with Crippen LogP contribution in [0.4, 0.5) is 18.9 Å². The lowest BCUT2D eigenvalue weighted by atomic mass is 10.0. The van der Waals surface area contributed by atoms with Gasteiger partial charge in [-0.05, 0) is 24.6 Å². The SMILES string of the molecule is C=C(C)c1ccc(C(F)(F)F)cc1NOC. The van der Waals surface area contributed by atoms with Crippen molar-refractivity contribution in [2.75, 3.05) is 12.6 Å². The van der Waals surface area contributed by atoms with Crippen LogP contribution < -0.4 is 5.48 Å². The van der Waals surface area contributed by atoms with Crippen molar-refractivity contribution in [2.45, 2.75) is 13.1 Å². The van der Waals surface area contributed by atoms with E-state index in [1.54, 1.807) is 6.92 Å². The van der Waals surface area contributed by atoms with Crippen LogP contribution in [0.15, 0.2) is 24.8 Å². The average Bonchev–Trinajstić information content (AvgIpc) is 2.16. The van der Waals surface area contributed by atoms with Crippen molar-refractivity contribution >= 4 is 11.3 Å². The third-order valence-corrected chi connectivity index (χ3v) is 2.02. The molecule has 1 rings (SSSR count). The predicted molar refractivity (Wildman–Crippen MR) is 56.8 cm³/mol. The Morgan fingerprint density at radius 3 is 2.44 bits per heavy atom. The molecule has 0 saturated carbocycles. The Morgan fingerprint density at radius 1 is 1.38 bits per heavy atom. The van der Waals surface area contributed by atoms with Crippen molar-refractivity contribution in [3.05, 3.63) is 35.9 Å². The molecule has 0 atom stereocenters. The van der Waals surface area contributed by atoms with E-state index in [-0.39, 0.29) is 5.69 Å². The smallest absolute Gasteiger partial charge is 0.279 e. The zero-order valence-electron chi connectivity index (χ0n) is 8.98. The maximum atomic E-state index is 12.4. The van der Waals surface area contributed by atoms with Crippen LogP contribution in [0.2, 0.25) is 0 Å². The quantitative estimate of drug-likeness (QED) is 0.800. The molecule has 0 unspecified atom stereocenters. The average molecular weight is 231 g/mol. The van der Waals surface area contributed by atoms with Crippen LogP contribution in [0.25, 0.3) is 5.57 Å². The van der Waals surface area contributed by atoms with Gasteiger partial charge in [-0.2, -0.15) is 13.2 Å². The number of allylic oxidation sites excluding steroid dienone is 1. The summed E-state index contributed by atoms with van der Waals surface area (Å²) in [5.74, 6) is 0. The topological polar surface area (TPSA) is 21.3 Å². The molecule has 2 nitrogen and oxygen atoms in total. The van der Waals surface area contributed by atoms with Crippen LogP contribution in [0.1, 0.15) is 18.1 Å². The van der Waals surface area contributed by atoms with E-state index in [1.165, 1.54) is 13.2 Å². The van der Waals surface area contributed by atoms with Gasteiger partial charge in [0.15, 0.2) is 0 Å². The number of halogens is 3. The zero-order valence-corrected chi connectivity index (χ0v) is 8.98. The molecule has 16 heavy (non-hydrogen) atoms. The summed E-state index contributed by atoms with van der Waals surface area (Å²) in [6, 6.07) is 3.38. The number of nitrogens with one attached hydrogen (secondary N) is 1. The van der Waals surface area contributed by atoms with Gasteiger partial charge in [0.25, 0.3) is 0 Å². The van der Waals surface area contributed by atoms with E-state index in [9.17, 15) is 13.2 Å². The predicted octanol–water partition coefficient (Wildman–Crippen LogP) is 3.71. The van der Waals surface area contributed by atoms with E-state index in [0.29, 0.717) is 11.1 Å². The molecule has 0 spiro atoms. The van der Waals surface area contributed by atoms with Gasteiger partial charge in [-0.25, -0.2) is 0 Å². The van der Waals surface area contributed by atoms with Gasteiger partial charge >= 0.3 is 6.18 Å². The van der Waals surface area contributed by atoms with Crippen molar-refractivity contribution in [1.29, 1.82) is 0 Å². The maximum Gasteiger partial charge on any atom is 0.416 e. The van der Waals surface area contributed by atoms with Gasteiger partial charge in [0.05, 0.1) is 18.4 Å². The first-order valence-corrected chi connectivity index (χ1v) is 4.52. The van der Waals surface area contributed by atoms with E-state index in [0.717, 1.165) is 12.1 Å². The highest BCUT2D eigenvalue weighted by atomic mass is 19.4. The summed E-state index contributed by atoms with van der Waals surface area (Å²) in [5, 5.41) is 0. The number of hydrogen-bond donors (Lipinski definition) is 1. The van der Waals surface area contributed by atoms with Gasteiger partial charge < -0.3 is 0 Å². The third kappa shape index (κ3) is 2.76. The highest BCUT2D eigenvalue weighted by Gasteiger charge is 2.31. The van der Waals surface area contributed by atoms with Crippen molar-refractivity contribution in [3.8, 4) is 0 Å². The van der Waals surface area contributed by atoms with Gasteiger partial charge in [-0.3, -0.25) is 10.3 Å². The molecule has 0 bridgehead atoms. The van der Waals surface area contributed by atoms with Crippen molar-refractivity contribution < 1.29 is 18.0 Å². The lowest BCUT2D eigenvalue weighted by Gasteiger charge is -2.13. The Kier molecular flexibility index (Phi) is 3.59. The summed E-state index contributed by atoms with van der Waals surface area (Å²) in [6.07, 6.45) is -4.36. The molecule has 0 aliphatic rings. The highest BCUT2D eigenvalue weighted by Crippen LogP contribution is 2.33. The molecule has 0 radical (unpaired) electrons. The molecule has 0 aliphatic carbocycles. The minimum absolute atomic E-state index is 0.254. The number of benzene rings is 1. The van der Waals surface area contributed by atoms with E-state index in [2.05, 4.69) is 16.9 Å². The standard InChI is InChI=1S/C11H12F3NO/c1-7(2)9-5-4-8(11(12,13)14)6-10(9)15-16-3/h4-6,15H,1H2,2-3H3. The first-order valence-electron chi connectivity index (χ1n) is 4.52. The molecule has 0 saturated heterocycles. The van der Waals surface area contributed by atoms with Crippen molar-refractivity contribution in [3.63, 3.8) is 0 Å². The molecule has 0 heterocycles. The first-order chi connectivity index (χ1) is 7.36. The Labute approximate surface area is 91.7 Å². The summed E-state index contributed by atoms with van der Waals surface area (Å²) < 4.78 is 37.3. The number of alkyl halides is 3. The largest absolute Gasteiger partial charge is 0.416 e. The Hall–Kier alpha value is -1.49. The molecule has 0 amide bonds. The summed E-state index contributed by atoms with van der Waals surface area (Å²) in [4.78, 5) is 4.63. The highest BCUT2D eigenvalue weighted by molar-refractivity contribution is 5.74. The first kappa shape index (κ1) is 12.6. The maximum absolute atomic E-state index is 12.4. The second kappa shape index (κ2) is 4.57. The molecule has 1 aromatic carbocycles. The summed E-state index contributed by atoms with van der Waals surface area (Å²) in [7, 11) is 1.34. The summed E-state index contributed by atoms with van der Waals surface area (Å²) in [5.41, 5.74) is 3.19.